The van der Waals surface area contributed by atoms with Gasteiger partial charge in [-0.2, -0.15) is 18.3 Å². The van der Waals surface area contributed by atoms with E-state index in [1.165, 1.54) is 6.07 Å². The van der Waals surface area contributed by atoms with Gasteiger partial charge in [-0.05, 0) is 23.8 Å². The molecule has 0 bridgehead atoms. The number of carbonyl (C=O) groups excluding carboxylic acids is 1. The zero-order chi connectivity index (χ0) is 24.0. The lowest BCUT2D eigenvalue weighted by Gasteiger charge is -2.34. The number of benzene rings is 1. The van der Waals surface area contributed by atoms with Gasteiger partial charge in [-0.15, -0.1) is 0 Å². The van der Waals surface area contributed by atoms with Crippen molar-refractivity contribution in [2.45, 2.75) is 38.9 Å². The summed E-state index contributed by atoms with van der Waals surface area (Å²) < 4.78 is 41.8. The van der Waals surface area contributed by atoms with Gasteiger partial charge in [-0.3, -0.25) is 9.69 Å². The molecule has 1 saturated heterocycles. The van der Waals surface area contributed by atoms with Crippen LogP contribution in [0.25, 0.3) is 5.65 Å². The van der Waals surface area contributed by atoms with E-state index >= 15 is 0 Å². The van der Waals surface area contributed by atoms with Gasteiger partial charge in [0.25, 0.3) is 5.91 Å². The topological polar surface area (TPSA) is 53.7 Å². The van der Waals surface area contributed by atoms with Gasteiger partial charge in [0.15, 0.2) is 11.3 Å². The van der Waals surface area contributed by atoms with Crippen molar-refractivity contribution in [1.29, 1.82) is 0 Å². The first-order valence-electron chi connectivity index (χ1n) is 10.7. The highest BCUT2D eigenvalue weighted by Gasteiger charge is 2.37. The molecule has 1 aliphatic heterocycles. The average Bonchev–Trinajstić information content (AvgIpc) is 3.17. The fraction of sp³-hybridized carbons (Fsp3) is 0.435. The van der Waals surface area contributed by atoms with E-state index in [0.29, 0.717) is 31.2 Å². The number of hydrogen-bond acceptors (Lipinski definition) is 4. The Hall–Kier alpha value is -2.65. The van der Waals surface area contributed by atoms with Crippen LogP contribution >= 0.6 is 11.6 Å². The number of aromatic nitrogens is 3. The van der Waals surface area contributed by atoms with Gasteiger partial charge in [0.2, 0.25) is 0 Å². The van der Waals surface area contributed by atoms with E-state index < -0.39 is 23.2 Å². The Morgan fingerprint density at radius 2 is 1.67 bits per heavy atom. The van der Waals surface area contributed by atoms with E-state index in [1.54, 1.807) is 25.7 Å². The van der Waals surface area contributed by atoms with E-state index in [2.05, 4.69) is 15.0 Å². The molecule has 1 fully saturated rings. The monoisotopic (exact) mass is 479 g/mol. The molecule has 2 aromatic heterocycles. The highest BCUT2D eigenvalue weighted by molar-refractivity contribution is 6.30. The average molecular weight is 480 g/mol. The van der Waals surface area contributed by atoms with Gasteiger partial charge in [0.05, 0.1) is 5.69 Å². The van der Waals surface area contributed by atoms with Gasteiger partial charge in [0, 0.05) is 49.2 Å². The first-order chi connectivity index (χ1) is 15.4. The molecule has 0 N–H and O–H groups in total. The molecule has 176 valence electrons. The van der Waals surface area contributed by atoms with Crippen LogP contribution in [0.15, 0.2) is 36.4 Å². The molecule has 4 rings (SSSR count). The van der Waals surface area contributed by atoms with Gasteiger partial charge >= 0.3 is 6.18 Å². The number of alkyl halides is 3. The SMILES string of the molecule is CC(C)(C)c1cc(C(F)(F)F)n2nc(C(=O)N3CCN(Cc4ccc(Cl)cc4)CC3)cc2n1. The minimum absolute atomic E-state index is 0.0134. The van der Waals surface area contributed by atoms with Crippen molar-refractivity contribution >= 4 is 23.2 Å². The highest BCUT2D eigenvalue weighted by atomic mass is 35.5. The molecule has 0 spiro atoms. The van der Waals surface area contributed by atoms with Crippen LogP contribution in [-0.4, -0.2) is 56.5 Å². The van der Waals surface area contributed by atoms with Crippen molar-refractivity contribution in [2.24, 2.45) is 0 Å². The fourth-order valence-electron chi connectivity index (χ4n) is 3.78. The molecule has 3 aromatic rings. The Kier molecular flexibility index (Phi) is 6.13. The van der Waals surface area contributed by atoms with E-state index in [9.17, 15) is 18.0 Å². The van der Waals surface area contributed by atoms with Crippen LogP contribution in [0.2, 0.25) is 5.02 Å². The number of carbonyl (C=O) groups is 1. The summed E-state index contributed by atoms with van der Waals surface area (Å²) in [6, 6.07) is 9.96. The minimum Gasteiger partial charge on any atom is -0.335 e. The third kappa shape index (κ3) is 5.14. The minimum atomic E-state index is -4.62. The van der Waals surface area contributed by atoms with Gasteiger partial charge in [0.1, 0.15) is 5.69 Å². The van der Waals surface area contributed by atoms with Crippen LogP contribution in [0.5, 0.6) is 0 Å². The largest absolute Gasteiger partial charge is 0.433 e. The molecule has 1 aromatic carbocycles. The van der Waals surface area contributed by atoms with Crippen molar-refractivity contribution in [3.8, 4) is 0 Å². The van der Waals surface area contributed by atoms with Crippen molar-refractivity contribution in [3.05, 3.63) is 64.1 Å². The third-order valence-electron chi connectivity index (χ3n) is 5.68. The molecule has 6 nitrogen and oxygen atoms in total. The maximum absolute atomic E-state index is 13.7. The number of piperazine rings is 1. The smallest absolute Gasteiger partial charge is 0.335 e. The zero-order valence-electron chi connectivity index (χ0n) is 18.7. The molecule has 33 heavy (non-hydrogen) atoms. The first-order valence-corrected chi connectivity index (χ1v) is 11.0. The van der Waals surface area contributed by atoms with E-state index in [0.717, 1.165) is 22.7 Å². The second-order valence-electron chi connectivity index (χ2n) is 9.27. The number of nitrogens with zero attached hydrogens (tertiary/aromatic N) is 5. The predicted octanol–water partition coefficient (Wildman–Crippen LogP) is 4.66. The first kappa shape index (κ1) is 23.5. The molecule has 0 saturated carbocycles. The summed E-state index contributed by atoms with van der Waals surface area (Å²) in [4.78, 5) is 21.2. The molecule has 0 aliphatic carbocycles. The number of halogens is 4. The second-order valence-corrected chi connectivity index (χ2v) is 9.71. The van der Waals surface area contributed by atoms with Gasteiger partial charge in [-0.1, -0.05) is 44.5 Å². The quantitative estimate of drug-likeness (QED) is 0.548. The standard InChI is InChI=1S/C23H25ClF3N5O/c1-22(2,3)18-13-19(23(25,26)27)32-20(28-18)12-17(29-32)21(33)31-10-8-30(9-11-31)14-15-4-6-16(24)7-5-15/h4-7,12-13H,8-11,14H2,1-3H3. The van der Waals surface area contributed by atoms with Gasteiger partial charge in [-0.25, -0.2) is 9.50 Å². The van der Waals surface area contributed by atoms with Gasteiger partial charge < -0.3 is 4.90 Å². The summed E-state index contributed by atoms with van der Waals surface area (Å²) in [5.74, 6) is -0.392. The van der Waals surface area contributed by atoms with Crippen LogP contribution in [0.1, 0.15) is 48.2 Å². The molecule has 10 heteroatoms. The molecular formula is C23H25ClF3N5O. The Bertz CT molecular complexity index is 1160. The molecule has 3 heterocycles. The Labute approximate surface area is 195 Å². The molecule has 0 atom stereocenters. The summed E-state index contributed by atoms with van der Waals surface area (Å²) >= 11 is 5.93. The van der Waals surface area contributed by atoms with Crippen molar-refractivity contribution < 1.29 is 18.0 Å². The fourth-order valence-corrected chi connectivity index (χ4v) is 3.91. The molecule has 1 amide bonds. The van der Waals surface area contributed by atoms with E-state index in [-0.39, 0.29) is 17.0 Å². The van der Waals surface area contributed by atoms with Crippen LogP contribution < -0.4 is 0 Å². The molecule has 1 aliphatic rings. The molecular weight excluding hydrogens is 455 g/mol. The maximum Gasteiger partial charge on any atom is 0.433 e. The lowest BCUT2D eigenvalue weighted by atomic mass is 9.91. The Morgan fingerprint density at radius 3 is 2.24 bits per heavy atom. The Balaban J connectivity index is 1.52. The third-order valence-corrected chi connectivity index (χ3v) is 5.94. The lowest BCUT2D eigenvalue weighted by Crippen LogP contribution is -2.48. The maximum atomic E-state index is 13.7. The molecule has 0 radical (unpaired) electrons. The normalized spacial score (nSPS) is 15.9. The number of fused-ring (bicyclic) bond motifs is 1. The second kappa shape index (κ2) is 8.61. The highest BCUT2D eigenvalue weighted by Crippen LogP contribution is 2.32. The Morgan fingerprint density at radius 1 is 1.03 bits per heavy atom. The van der Waals surface area contributed by atoms with Crippen LogP contribution in [0.4, 0.5) is 13.2 Å². The van der Waals surface area contributed by atoms with Crippen molar-refractivity contribution in [2.75, 3.05) is 26.2 Å². The van der Waals surface area contributed by atoms with E-state index in [1.807, 2.05) is 24.3 Å². The lowest BCUT2D eigenvalue weighted by molar-refractivity contribution is -0.142. The van der Waals surface area contributed by atoms with Crippen LogP contribution in [0, 0.1) is 0 Å². The summed E-state index contributed by atoms with van der Waals surface area (Å²) in [6.45, 7) is 8.35. The number of hydrogen-bond donors (Lipinski definition) is 0. The molecule has 0 unspecified atom stereocenters. The number of rotatable bonds is 3. The predicted molar refractivity (Wildman–Crippen MR) is 119 cm³/mol. The van der Waals surface area contributed by atoms with Crippen LogP contribution in [-0.2, 0) is 18.1 Å². The number of amides is 1. The summed E-state index contributed by atoms with van der Waals surface area (Å²) in [6.07, 6.45) is -4.62. The summed E-state index contributed by atoms with van der Waals surface area (Å²) in [5.41, 5.74) is -0.137. The summed E-state index contributed by atoms with van der Waals surface area (Å²) in [7, 11) is 0. The summed E-state index contributed by atoms with van der Waals surface area (Å²) in [5, 5.41) is 4.67. The van der Waals surface area contributed by atoms with Crippen LogP contribution in [0.3, 0.4) is 0 Å². The van der Waals surface area contributed by atoms with Crippen molar-refractivity contribution in [1.82, 2.24) is 24.4 Å². The van der Waals surface area contributed by atoms with E-state index in [4.69, 9.17) is 11.6 Å². The van der Waals surface area contributed by atoms with Crippen molar-refractivity contribution in [3.63, 3.8) is 0 Å². The zero-order valence-corrected chi connectivity index (χ0v) is 19.4.